The lowest BCUT2D eigenvalue weighted by Gasteiger charge is -2.15. The number of aromatic nitrogens is 3. The largest absolute Gasteiger partial charge is 0.316 e. The Morgan fingerprint density at radius 3 is 1.26 bits per heavy atom. The molecule has 0 unspecified atom stereocenters. The summed E-state index contributed by atoms with van der Waals surface area (Å²) in [7, 11) is 0. The monoisotopic (exact) mass is 675 g/mol. The van der Waals surface area contributed by atoms with Gasteiger partial charge < -0.3 is 13.7 Å². The highest BCUT2D eigenvalue weighted by Crippen LogP contribution is 2.42. The van der Waals surface area contributed by atoms with E-state index >= 15 is 0 Å². The third-order valence-corrected chi connectivity index (χ3v) is 10.9. The Hall–Kier alpha value is -7.10. The average Bonchev–Trinajstić information content (AvgIpc) is 3.89. The molecule has 3 heterocycles. The van der Waals surface area contributed by atoms with E-state index < -0.39 is 0 Å². The molecule has 11 rings (SSSR count). The summed E-state index contributed by atoms with van der Waals surface area (Å²) in [5.41, 5.74) is 14.2. The topological polar surface area (TPSA) is 14.8 Å². The van der Waals surface area contributed by atoms with Gasteiger partial charge in [-0.2, -0.15) is 0 Å². The van der Waals surface area contributed by atoms with E-state index in [1.807, 2.05) is 0 Å². The van der Waals surface area contributed by atoms with Gasteiger partial charge in [0.15, 0.2) is 0 Å². The standard InChI is InChI=1S/C50H33N3/c1-2-16-35(17-3-1)51-33-43(41-23-9-15-29-50(41)53-48-27-13-7-21-39(48)40-22-8-14-28-49(40)53)42-32-34(30-31-44(42)51)36-18-4-10-24-45(36)52-46-25-11-5-19-37(46)38-20-6-12-26-47(38)52/h1-33H. The molecule has 0 atom stereocenters. The summed E-state index contributed by atoms with van der Waals surface area (Å²) in [4.78, 5) is 0. The molecular weight excluding hydrogens is 643 g/mol. The number of fused-ring (bicyclic) bond motifs is 7. The average molecular weight is 676 g/mol. The van der Waals surface area contributed by atoms with Gasteiger partial charge in [0, 0.05) is 55.5 Å². The predicted octanol–water partition coefficient (Wildman–Crippen LogP) is 13.2. The molecule has 0 saturated carbocycles. The lowest BCUT2D eigenvalue weighted by molar-refractivity contribution is 1.13. The number of hydrogen-bond donors (Lipinski definition) is 0. The van der Waals surface area contributed by atoms with Gasteiger partial charge >= 0.3 is 0 Å². The minimum Gasteiger partial charge on any atom is -0.316 e. The molecule has 0 radical (unpaired) electrons. The fourth-order valence-electron chi connectivity index (χ4n) is 8.59. The maximum absolute atomic E-state index is 2.44. The summed E-state index contributed by atoms with van der Waals surface area (Å²) in [6, 6.07) is 70.4. The second kappa shape index (κ2) is 11.7. The van der Waals surface area contributed by atoms with Crippen LogP contribution < -0.4 is 0 Å². The van der Waals surface area contributed by atoms with Crippen molar-refractivity contribution in [2.24, 2.45) is 0 Å². The zero-order chi connectivity index (χ0) is 34.9. The summed E-state index contributed by atoms with van der Waals surface area (Å²) in [6.45, 7) is 0. The molecule has 248 valence electrons. The molecular formula is C50H33N3. The van der Waals surface area contributed by atoms with Gasteiger partial charge in [-0.1, -0.05) is 133 Å². The summed E-state index contributed by atoms with van der Waals surface area (Å²) in [6.07, 6.45) is 2.33. The first kappa shape index (κ1) is 29.6. The Bertz CT molecular complexity index is 3070. The van der Waals surface area contributed by atoms with Gasteiger partial charge in [-0.05, 0) is 66.2 Å². The van der Waals surface area contributed by atoms with Gasteiger partial charge in [-0.25, -0.2) is 0 Å². The lowest BCUT2D eigenvalue weighted by atomic mass is 9.97. The molecule has 0 amide bonds. The van der Waals surface area contributed by atoms with Gasteiger partial charge in [0.1, 0.15) is 0 Å². The van der Waals surface area contributed by atoms with Gasteiger partial charge in [0.2, 0.25) is 0 Å². The van der Waals surface area contributed by atoms with E-state index in [9.17, 15) is 0 Å². The van der Waals surface area contributed by atoms with Crippen LogP contribution in [0, 0.1) is 0 Å². The van der Waals surface area contributed by atoms with Crippen molar-refractivity contribution in [1.29, 1.82) is 0 Å². The second-order valence-corrected chi connectivity index (χ2v) is 13.8. The van der Waals surface area contributed by atoms with Crippen molar-refractivity contribution in [3.8, 4) is 39.3 Å². The Labute approximate surface area is 306 Å². The van der Waals surface area contributed by atoms with Crippen LogP contribution in [0.5, 0.6) is 0 Å². The molecule has 0 bridgehead atoms. The summed E-state index contributed by atoms with van der Waals surface area (Å²) in [5.74, 6) is 0. The van der Waals surface area contributed by atoms with Gasteiger partial charge in [-0.3, -0.25) is 0 Å². The molecule has 0 saturated heterocycles. The van der Waals surface area contributed by atoms with Crippen LogP contribution in [-0.2, 0) is 0 Å². The highest BCUT2D eigenvalue weighted by molar-refractivity contribution is 6.11. The normalized spacial score (nSPS) is 11.8. The third-order valence-electron chi connectivity index (χ3n) is 10.9. The molecule has 0 aliphatic carbocycles. The van der Waals surface area contributed by atoms with E-state index in [1.54, 1.807) is 0 Å². The van der Waals surface area contributed by atoms with Crippen LogP contribution in [0.15, 0.2) is 200 Å². The fraction of sp³-hybridized carbons (Fsp3) is 0. The van der Waals surface area contributed by atoms with Gasteiger partial charge in [0.05, 0.1) is 39.0 Å². The minimum absolute atomic E-state index is 1.14. The fourth-order valence-corrected chi connectivity index (χ4v) is 8.59. The number of hydrogen-bond acceptors (Lipinski definition) is 0. The molecule has 3 nitrogen and oxygen atoms in total. The van der Waals surface area contributed by atoms with Crippen molar-refractivity contribution >= 4 is 54.5 Å². The van der Waals surface area contributed by atoms with Crippen LogP contribution in [0.2, 0.25) is 0 Å². The van der Waals surface area contributed by atoms with Crippen LogP contribution in [0.1, 0.15) is 0 Å². The van der Waals surface area contributed by atoms with Crippen molar-refractivity contribution in [2.75, 3.05) is 0 Å². The Morgan fingerprint density at radius 1 is 0.283 bits per heavy atom. The molecule has 0 aliphatic heterocycles. The maximum Gasteiger partial charge on any atom is 0.0541 e. The van der Waals surface area contributed by atoms with E-state index in [2.05, 4.69) is 214 Å². The van der Waals surface area contributed by atoms with E-state index in [0.29, 0.717) is 0 Å². The van der Waals surface area contributed by atoms with Crippen LogP contribution in [0.25, 0.3) is 93.8 Å². The first-order chi connectivity index (χ1) is 26.3. The summed E-state index contributed by atoms with van der Waals surface area (Å²) >= 11 is 0. The van der Waals surface area contributed by atoms with Gasteiger partial charge in [-0.15, -0.1) is 0 Å². The molecule has 0 spiro atoms. The molecule has 11 aromatic rings. The SMILES string of the molecule is c1ccc(-n2cc(-c3ccccc3-n3c4ccccc4c4ccccc43)c3cc(-c4ccccc4-n4c5ccccc5c5ccccc54)ccc32)cc1. The minimum atomic E-state index is 1.14. The molecule has 0 aliphatic rings. The number of nitrogens with zero attached hydrogens (tertiary/aromatic N) is 3. The number of benzene rings is 8. The summed E-state index contributed by atoms with van der Waals surface area (Å²) in [5, 5.41) is 6.24. The zero-order valence-electron chi connectivity index (χ0n) is 28.9. The highest BCUT2D eigenvalue weighted by atomic mass is 15.0. The Kier molecular flexibility index (Phi) is 6.55. The van der Waals surface area contributed by atoms with Gasteiger partial charge in [0.25, 0.3) is 0 Å². The molecule has 53 heavy (non-hydrogen) atoms. The van der Waals surface area contributed by atoms with Crippen molar-refractivity contribution < 1.29 is 0 Å². The van der Waals surface area contributed by atoms with Crippen molar-refractivity contribution in [3.05, 3.63) is 200 Å². The van der Waals surface area contributed by atoms with Crippen molar-refractivity contribution in [1.82, 2.24) is 13.7 Å². The quantitative estimate of drug-likeness (QED) is 0.172. The molecule has 3 aromatic heterocycles. The predicted molar refractivity (Wildman–Crippen MR) is 223 cm³/mol. The Balaban J connectivity index is 1.19. The molecule has 0 fully saturated rings. The van der Waals surface area contributed by atoms with Crippen molar-refractivity contribution in [3.63, 3.8) is 0 Å². The highest BCUT2D eigenvalue weighted by Gasteiger charge is 2.21. The zero-order valence-corrected chi connectivity index (χ0v) is 28.9. The van der Waals surface area contributed by atoms with Crippen LogP contribution >= 0.6 is 0 Å². The lowest BCUT2D eigenvalue weighted by Crippen LogP contribution is -1.97. The number of para-hydroxylation sites is 7. The first-order valence-corrected chi connectivity index (χ1v) is 18.2. The van der Waals surface area contributed by atoms with Crippen LogP contribution in [0.4, 0.5) is 0 Å². The summed E-state index contributed by atoms with van der Waals surface area (Å²) < 4.78 is 7.21. The van der Waals surface area contributed by atoms with E-state index in [0.717, 1.165) is 11.4 Å². The van der Waals surface area contributed by atoms with Crippen LogP contribution in [-0.4, -0.2) is 13.7 Å². The number of rotatable bonds is 5. The molecule has 0 N–H and O–H groups in total. The van der Waals surface area contributed by atoms with E-state index in [1.165, 1.54) is 82.5 Å². The van der Waals surface area contributed by atoms with Crippen LogP contribution in [0.3, 0.4) is 0 Å². The third kappa shape index (κ3) is 4.47. The molecule has 3 heteroatoms. The smallest absolute Gasteiger partial charge is 0.0541 e. The Morgan fingerprint density at radius 2 is 0.717 bits per heavy atom. The molecule has 8 aromatic carbocycles. The first-order valence-electron chi connectivity index (χ1n) is 18.2. The maximum atomic E-state index is 2.44. The van der Waals surface area contributed by atoms with Crippen molar-refractivity contribution in [2.45, 2.75) is 0 Å². The van der Waals surface area contributed by atoms with E-state index in [4.69, 9.17) is 0 Å². The van der Waals surface area contributed by atoms with E-state index in [-0.39, 0.29) is 0 Å². The second-order valence-electron chi connectivity index (χ2n) is 13.8.